The Hall–Kier alpha value is -2.94. The summed E-state index contributed by atoms with van der Waals surface area (Å²) in [6.45, 7) is 3.57. The molecule has 0 aliphatic heterocycles. The van der Waals surface area contributed by atoms with Gasteiger partial charge in [-0.1, -0.05) is 13.0 Å². The Morgan fingerprint density at radius 3 is 2.23 bits per heavy atom. The van der Waals surface area contributed by atoms with Crippen molar-refractivity contribution in [2.24, 2.45) is 0 Å². The summed E-state index contributed by atoms with van der Waals surface area (Å²) in [5, 5.41) is 2.91. The van der Waals surface area contributed by atoms with E-state index in [1.54, 1.807) is 70.5 Å². The first kappa shape index (κ1) is 24.3. The molecule has 0 heterocycles. The van der Waals surface area contributed by atoms with Crippen molar-refractivity contribution in [2.45, 2.75) is 32.4 Å². The zero-order chi connectivity index (χ0) is 23.2. The molecule has 9 heteroatoms. The minimum absolute atomic E-state index is 0.276. The van der Waals surface area contributed by atoms with Crippen molar-refractivity contribution in [1.29, 1.82) is 0 Å². The van der Waals surface area contributed by atoms with Gasteiger partial charge in [-0.3, -0.25) is 9.10 Å². The van der Waals surface area contributed by atoms with Crippen molar-refractivity contribution in [3.8, 4) is 17.2 Å². The normalized spacial score (nSPS) is 13.1. The largest absolute Gasteiger partial charge is 0.497 e. The van der Waals surface area contributed by atoms with Crippen LogP contribution in [0.2, 0.25) is 0 Å². The zero-order valence-corrected chi connectivity index (χ0v) is 19.5. The predicted molar refractivity (Wildman–Crippen MR) is 120 cm³/mol. The highest BCUT2D eigenvalue weighted by atomic mass is 32.2. The molecule has 1 N–H and O–H groups in total. The van der Waals surface area contributed by atoms with E-state index < -0.39 is 28.0 Å². The summed E-state index contributed by atoms with van der Waals surface area (Å²) in [6.07, 6.45) is 1.36. The monoisotopic (exact) mass is 450 g/mol. The molecule has 0 unspecified atom stereocenters. The molecule has 0 radical (unpaired) electrons. The van der Waals surface area contributed by atoms with Crippen LogP contribution in [-0.4, -0.2) is 48.0 Å². The van der Waals surface area contributed by atoms with Gasteiger partial charge in [0.25, 0.3) is 0 Å². The van der Waals surface area contributed by atoms with Gasteiger partial charge in [0.15, 0.2) is 0 Å². The molecule has 0 spiro atoms. The minimum Gasteiger partial charge on any atom is -0.497 e. The topological polar surface area (TPSA) is 94.2 Å². The molecule has 0 saturated heterocycles. The summed E-state index contributed by atoms with van der Waals surface area (Å²) < 4.78 is 42.3. The Labute approximate surface area is 184 Å². The quantitative estimate of drug-likeness (QED) is 0.598. The number of nitrogens with zero attached hydrogens (tertiary/aromatic N) is 1. The van der Waals surface area contributed by atoms with Gasteiger partial charge in [0.1, 0.15) is 23.3 Å². The van der Waals surface area contributed by atoms with Crippen LogP contribution in [0, 0.1) is 0 Å². The van der Waals surface area contributed by atoms with Crippen LogP contribution in [0.4, 0.5) is 5.69 Å². The van der Waals surface area contributed by atoms with Gasteiger partial charge in [0, 0.05) is 11.6 Å². The van der Waals surface area contributed by atoms with Crippen molar-refractivity contribution in [2.75, 3.05) is 31.9 Å². The number of amides is 1. The standard InChI is InChI=1S/C22H30N2O6S/c1-7-20(24(31(6,26)27)16-9-8-10-17(13-16)28-3)22(25)23-15(2)19-14-18(29-4)11-12-21(19)30-5/h8-15,20H,7H2,1-6H3,(H,23,25)/t15-,20+/m1/s1. The molecule has 170 valence electrons. The van der Waals surface area contributed by atoms with E-state index in [0.29, 0.717) is 22.9 Å². The van der Waals surface area contributed by atoms with Gasteiger partial charge in [0.2, 0.25) is 15.9 Å². The summed E-state index contributed by atoms with van der Waals surface area (Å²) in [6, 6.07) is 10.5. The number of hydrogen-bond donors (Lipinski definition) is 1. The number of methoxy groups -OCH3 is 3. The van der Waals surface area contributed by atoms with Gasteiger partial charge < -0.3 is 19.5 Å². The summed E-state index contributed by atoms with van der Waals surface area (Å²) in [5.41, 5.74) is 1.08. The predicted octanol–water partition coefficient (Wildman–Crippen LogP) is 3.13. The van der Waals surface area contributed by atoms with Crippen LogP contribution in [0.3, 0.4) is 0 Å². The van der Waals surface area contributed by atoms with Crippen LogP contribution >= 0.6 is 0 Å². The lowest BCUT2D eigenvalue weighted by molar-refractivity contribution is -0.122. The van der Waals surface area contributed by atoms with E-state index in [0.717, 1.165) is 16.1 Å². The number of carbonyl (C=O) groups is 1. The Morgan fingerprint density at radius 2 is 1.68 bits per heavy atom. The van der Waals surface area contributed by atoms with Crippen molar-refractivity contribution >= 4 is 21.6 Å². The lowest BCUT2D eigenvalue weighted by Crippen LogP contribution is -2.49. The highest BCUT2D eigenvalue weighted by molar-refractivity contribution is 7.92. The Morgan fingerprint density at radius 1 is 1.03 bits per heavy atom. The van der Waals surface area contributed by atoms with E-state index in [-0.39, 0.29) is 6.42 Å². The first-order valence-electron chi connectivity index (χ1n) is 9.82. The summed E-state index contributed by atoms with van der Waals surface area (Å²) >= 11 is 0. The first-order chi connectivity index (χ1) is 14.7. The molecule has 0 saturated carbocycles. The molecule has 2 atom stereocenters. The number of nitrogens with one attached hydrogen (secondary N) is 1. The maximum absolute atomic E-state index is 13.2. The molecule has 1 amide bonds. The second kappa shape index (κ2) is 10.4. The summed E-state index contributed by atoms with van der Waals surface area (Å²) in [4.78, 5) is 13.2. The maximum Gasteiger partial charge on any atom is 0.244 e. The second-order valence-corrected chi connectivity index (χ2v) is 8.88. The van der Waals surface area contributed by atoms with E-state index in [2.05, 4.69) is 5.32 Å². The minimum atomic E-state index is -3.75. The van der Waals surface area contributed by atoms with Crippen LogP contribution in [-0.2, 0) is 14.8 Å². The Kier molecular flexibility index (Phi) is 8.15. The molecule has 8 nitrogen and oxygen atoms in total. The molecule has 0 aromatic heterocycles. The number of rotatable bonds is 10. The number of sulfonamides is 1. The van der Waals surface area contributed by atoms with Gasteiger partial charge in [-0.2, -0.15) is 0 Å². The first-order valence-corrected chi connectivity index (χ1v) is 11.7. The van der Waals surface area contributed by atoms with E-state index >= 15 is 0 Å². The average Bonchev–Trinajstić information content (AvgIpc) is 2.75. The van der Waals surface area contributed by atoms with Gasteiger partial charge in [-0.05, 0) is 43.7 Å². The molecule has 0 fully saturated rings. The molecule has 2 aromatic rings. The van der Waals surface area contributed by atoms with Gasteiger partial charge in [-0.25, -0.2) is 8.42 Å². The van der Waals surface area contributed by atoms with Crippen molar-refractivity contribution in [1.82, 2.24) is 5.32 Å². The van der Waals surface area contributed by atoms with E-state index in [1.807, 2.05) is 0 Å². The smallest absolute Gasteiger partial charge is 0.244 e. The van der Waals surface area contributed by atoms with Crippen LogP contribution in [0.15, 0.2) is 42.5 Å². The number of hydrogen-bond acceptors (Lipinski definition) is 6. The highest BCUT2D eigenvalue weighted by Crippen LogP contribution is 2.30. The van der Waals surface area contributed by atoms with Crippen LogP contribution in [0.25, 0.3) is 0 Å². The molecular formula is C22H30N2O6S. The van der Waals surface area contributed by atoms with Crippen LogP contribution in [0.1, 0.15) is 31.9 Å². The molecule has 31 heavy (non-hydrogen) atoms. The summed E-state index contributed by atoms with van der Waals surface area (Å²) in [5.74, 6) is 1.29. The highest BCUT2D eigenvalue weighted by Gasteiger charge is 2.32. The SMILES string of the molecule is CC[C@@H](C(=O)N[C@H](C)c1cc(OC)ccc1OC)N(c1cccc(OC)c1)S(C)(=O)=O. The number of ether oxygens (including phenoxy) is 3. The van der Waals surface area contributed by atoms with E-state index in [4.69, 9.17) is 14.2 Å². The number of benzene rings is 2. The Balaban J connectivity index is 2.38. The lowest BCUT2D eigenvalue weighted by Gasteiger charge is -2.31. The lowest BCUT2D eigenvalue weighted by atomic mass is 10.1. The van der Waals surface area contributed by atoms with Crippen molar-refractivity contribution in [3.05, 3.63) is 48.0 Å². The molecule has 2 rings (SSSR count). The van der Waals surface area contributed by atoms with Crippen molar-refractivity contribution < 1.29 is 27.4 Å². The summed E-state index contributed by atoms with van der Waals surface area (Å²) in [7, 11) is 0.846. The van der Waals surface area contributed by atoms with Gasteiger partial charge in [0.05, 0.1) is 39.3 Å². The molecule has 0 aliphatic carbocycles. The van der Waals surface area contributed by atoms with Crippen LogP contribution < -0.4 is 23.8 Å². The third-order valence-electron chi connectivity index (χ3n) is 4.90. The molecule has 2 aromatic carbocycles. The molecule has 0 aliphatic rings. The fourth-order valence-corrected chi connectivity index (χ4v) is 4.58. The molecular weight excluding hydrogens is 420 g/mol. The molecule has 0 bridgehead atoms. The van der Waals surface area contributed by atoms with E-state index in [9.17, 15) is 13.2 Å². The van der Waals surface area contributed by atoms with Gasteiger partial charge >= 0.3 is 0 Å². The Bertz CT molecular complexity index is 1010. The average molecular weight is 451 g/mol. The zero-order valence-electron chi connectivity index (χ0n) is 18.7. The van der Waals surface area contributed by atoms with Gasteiger partial charge in [-0.15, -0.1) is 0 Å². The third-order valence-corrected chi connectivity index (χ3v) is 6.08. The number of carbonyl (C=O) groups excluding carboxylic acids is 1. The maximum atomic E-state index is 13.2. The number of anilines is 1. The fraction of sp³-hybridized carbons (Fsp3) is 0.409. The van der Waals surface area contributed by atoms with Crippen molar-refractivity contribution in [3.63, 3.8) is 0 Å². The van der Waals surface area contributed by atoms with E-state index in [1.165, 1.54) is 7.11 Å². The third kappa shape index (κ3) is 5.81. The second-order valence-electron chi connectivity index (χ2n) is 7.02. The van der Waals surface area contributed by atoms with Crippen LogP contribution in [0.5, 0.6) is 17.2 Å². The fourth-order valence-electron chi connectivity index (χ4n) is 3.37.